The van der Waals surface area contributed by atoms with Crippen molar-refractivity contribution in [2.45, 2.75) is 39.3 Å². The third kappa shape index (κ3) is 2.66. The molecule has 1 aromatic carbocycles. The maximum Gasteiger partial charge on any atom is 0.349 e. The predicted molar refractivity (Wildman–Crippen MR) is 97.2 cm³/mol. The minimum Gasteiger partial charge on any atom is -0.454 e. The Labute approximate surface area is 148 Å². The molecule has 2 aromatic heterocycles. The van der Waals surface area contributed by atoms with Crippen LogP contribution in [-0.4, -0.2) is 15.5 Å². The number of aryl methyl sites for hydroxylation is 2. The highest BCUT2D eigenvalue weighted by molar-refractivity contribution is 7.20. The first-order chi connectivity index (χ1) is 12.1. The number of rotatable bonds is 3. The number of thiophene rings is 1. The highest BCUT2D eigenvalue weighted by Gasteiger charge is 2.25. The van der Waals surface area contributed by atoms with Crippen LogP contribution in [0.4, 0.5) is 0 Å². The average Bonchev–Trinajstić information content (AvgIpc) is 3.21. The van der Waals surface area contributed by atoms with Crippen LogP contribution >= 0.6 is 11.3 Å². The lowest BCUT2D eigenvalue weighted by Crippen LogP contribution is -2.20. The number of esters is 1. The van der Waals surface area contributed by atoms with Crippen LogP contribution in [0, 0.1) is 6.92 Å². The highest BCUT2D eigenvalue weighted by atomic mass is 32.1. The number of aromatic nitrogens is 2. The van der Waals surface area contributed by atoms with Gasteiger partial charge in [0.1, 0.15) is 21.6 Å². The first kappa shape index (κ1) is 16.0. The maximum atomic E-state index is 12.7. The van der Waals surface area contributed by atoms with Crippen molar-refractivity contribution in [1.29, 1.82) is 0 Å². The molecule has 0 amide bonds. The Morgan fingerprint density at radius 3 is 2.84 bits per heavy atom. The van der Waals surface area contributed by atoms with Crippen molar-refractivity contribution in [3.05, 3.63) is 62.5 Å². The lowest BCUT2D eigenvalue weighted by Gasteiger charge is -2.13. The third-order valence-corrected chi connectivity index (χ3v) is 5.82. The second-order valence-corrected chi connectivity index (χ2v) is 7.28. The Balaban J connectivity index is 1.70. The van der Waals surface area contributed by atoms with E-state index in [9.17, 15) is 9.59 Å². The van der Waals surface area contributed by atoms with Gasteiger partial charge in [0, 0.05) is 13.0 Å². The van der Waals surface area contributed by atoms with Crippen molar-refractivity contribution in [1.82, 2.24) is 9.55 Å². The van der Waals surface area contributed by atoms with E-state index >= 15 is 0 Å². The number of ether oxygens (including phenoxy) is 1. The topological polar surface area (TPSA) is 61.2 Å². The first-order valence-electron chi connectivity index (χ1n) is 8.35. The second-order valence-electron chi connectivity index (χ2n) is 6.28. The largest absolute Gasteiger partial charge is 0.454 e. The van der Waals surface area contributed by atoms with Crippen molar-refractivity contribution >= 4 is 27.5 Å². The van der Waals surface area contributed by atoms with Crippen LogP contribution in [0.5, 0.6) is 0 Å². The zero-order valence-electron chi connectivity index (χ0n) is 14.1. The maximum absolute atomic E-state index is 12.7. The summed E-state index contributed by atoms with van der Waals surface area (Å²) in [5, 5.41) is 0.551. The van der Waals surface area contributed by atoms with Crippen molar-refractivity contribution in [3.63, 3.8) is 0 Å². The Morgan fingerprint density at radius 1 is 1.32 bits per heavy atom. The van der Waals surface area contributed by atoms with Gasteiger partial charge >= 0.3 is 5.97 Å². The molecule has 0 fully saturated rings. The van der Waals surface area contributed by atoms with Crippen molar-refractivity contribution in [3.8, 4) is 0 Å². The molecule has 128 valence electrons. The fraction of sp³-hybridized carbons (Fsp3) is 0.316. The van der Waals surface area contributed by atoms with Gasteiger partial charge in [0.15, 0.2) is 0 Å². The molecule has 0 N–H and O–H groups in total. The van der Waals surface area contributed by atoms with Gasteiger partial charge in [-0.05, 0) is 31.4 Å². The SMILES string of the molecule is Cc1c(C(=O)O[C@H](C)c2ccccc2)sc2nc3n(c(=O)c12)CCC3. The Hall–Kier alpha value is -2.47. The Kier molecular flexibility index (Phi) is 3.92. The van der Waals surface area contributed by atoms with Crippen LogP contribution in [0.1, 0.15) is 46.1 Å². The van der Waals surface area contributed by atoms with E-state index in [0.29, 0.717) is 27.2 Å². The standard InChI is InChI=1S/C19H18N2O3S/c1-11-15-17(20-14-9-6-10-21(14)18(15)22)25-16(11)19(23)24-12(2)13-7-4-3-5-8-13/h3-5,7-8,12H,6,9-10H2,1-2H3/t12-/m1/s1. The Morgan fingerprint density at radius 2 is 2.08 bits per heavy atom. The van der Waals surface area contributed by atoms with Gasteiger partial charge in [-0.2, -0.15) is 0 Å². The van der Waals surface area contributed by atoms with E-state index in [1.54, 1.807) is 11.5 Å². The van der Waals surface area contributed by atoms with Crippen molar-refractivity contribution in [2.75, 3.05) is 0 Å². The fourth-order valence-electron chi connectivity index (χ4n) is 3.28. The van der Waals surface area contributed by atoms with E-state index in [2.05, 4.69) is 4.98 Å². The molecule has 0 saturated heterocycles. The summed E-state index contributed by atoms with van der Waals surface area (Å²) in [6.45, 7) is 4.35. The van der Waals surface area contributed by atoms with Crippen LogP contribution in [0.2, 0.25) is 0 Å². The molecule has 4 rings (SSSR count). The van der Waals surface area contributed by atoms with E-state index in [1.807, 2.05) is 37.3 Å². The van der Waals surface area contributed by atoms with E-state index in [1.165, 1.54) is 11.3 Å². The third-order valence-electron chi connectivity index (χ3n) is 4.65. The minimum absolute atomic E-state index is 0.0404. The number of benzene rings is 1. The number of nitrogens with zero attached hydrogens (tertiary/aromatic N) is 2. The molecule has 0 aliphatic carbocycles. The lowest BCUT2D eigenvalue weighted by molar-refractivity contribution is 0.0343. The molecule has 25 heavy (non-hydrogen) atoms. The first-order valence-corrected chi connectivity index (χ1v) is 9.16. The molecular formula is C19H18N2O3S. The number of hydrogen-bond donors (Lipinski definition) is 0. The van der Waals surface area contributed by atoms with Gasteiger partial charge in [0.05, 0.1) is 5.39 Å². The van der Waals surface area contributed by atoms with Gasteiger partial charge in [-0.1, -0.05) is 30.3 Å². The molecule has 5 nitrogen and oxygen atoms in total. The normalized spacial score (nSPS) is 14.5. The molecule has 0 saturated carbocycles. The highest BCUT2D eigenvalue weighted by Crippen LogP contribution is 2.30. The quantitative estimate of drug-likeness (QED) is 0.674. The van der Waals surface area contributed by atoms with Gasteiger partial charge in [0.25, 0.3) is 5.56 Å². The predicted octanol–water partition coefficient (Wildman–Crippen LogP) is 3.63. The van der Waals surface area contributed by atoms with Crippen LogP contribution in [0.15, 0.2) is 35.1 Å². The number of fused-ring (bicyclic) bond motifs is 2. The number of carbonyl (C=O) groups is 1. The van der Waals surface area contributed by atoms with Crippen LogP contribution in [0.25, 0.3) is 10.2 Å². The van der Waals surface area contributed by atoms with Crippen LogP contribution in [-0.2, 0) is 17.7 Å². The summed E-state index contributed by atoms with van der Waals surface area (Å²) in [5.41, 5.74) is 1.57. The summed E-state index contributed by atoms with van der Waals surface area (Å²) in [5.74, 6) is 0.415. The van der Waals surface area contributed by atoms with Gasteiger partial charge in [0.2, 0.25) is 0 Å². The molecule has 1 aliphatic heterocycles. The van der Waals surface area contributed by atoms with E-state index < -0.39 is 5.97 Å². The molecule has 0 spiro atoms. The van der Waals surface area contributed by atoms with Crippen LogP contribution in [0.3, 0.4) is 0 Å². The monoisotopic (exact) mass is 354 g/mol. The van der Waals surface area contributed by atoms with Crippen molar-refractivity contribution < 1.29 is 9.53 Å². The summed E-state index contributed by atoms with van der Waals surface area (Å²) in [7, 11) is 0. The van der Waals surface area contributed by atoms with Gasteiger partial charge in [-0.15, -0.1) is 11.3 Å². The zero-order chi connectivity index (χ0) is 17.6. The van der Waals surface area contributed by atoms with Crippen LogP contribution < -0.4 is 5.56 Å². The molecule has 1 aliphatic rings. The smallest absolute Gasteiger partial charge is 0.349 e. The van der Waals surface area contributed by atoms with Gasteiger partial charge in [-0.3, -0.25) is 9.36 Å². The van der Waals surface area contributed by atoms with E-state index in [-0.39, 0.29) is 11.7 Å². The second kappa shape index (κ2) is 6.11. The van der Waals surface area contributed by atoms with Crippen molar-refractivity contribution in [2.24, 2.45) is 0 Å². The molecule has 0 unspecified atom stereocenters. The molecule has 6 heteroatoms. The molecular weight excluding hydrogens is 336 g/mol. The molecule has 3 aromatic rings. The average molecular weight is 354 g/mol. The molecule has 3 heterocycles. The fourth-order valence-corrected chi connectivity index (χ4v) is 4.35. The Bertz CT molecular complexity index is 1020. The number of hydrogen-bond acceptors (Lipinski definition) is 5. The summed E-state index contributed by atoms with van der Waals surface area (Å²) in [6, 6.07) is 9.60. The van der Waals surface area contributed by atoms with E-state index in [4.69, 9.17) is 4.74 Å². The lowest BCUT2D eigenvalue weighted by atomic mass is 10.1. The molecule has 0 bridgehead atoms. The summed E-state index contributed by atoms with van der Waals surface area (Å²) >= 11 is 1.25. The van der Waals surface area contributed by atoms with Gasteiger partial charge < -0.3 is 4.74 Å². The molecule has 1 atom stereocenters. The van der Waals surface area contributed by atoms with E-state index in [0.717, 1.165) is 24.2 Å². The van der Waals surface area contributed by atoms with Gasteiger partial charge in [-0.25, -0.2) is 9.78 Å². The summed E-state index contributed by atoms with van der Waals surface area (Å²) in [6.07, 6.45) is 1.41. The molecule has 0 radical (unpaired) electrons. The number of carbonyl (C=O) groups excluding carboxylic acids is 1. The summed E-state index contributed by atoms with van der Waals surface area (Å²) in [4.78, 5) is 31.0. The minimum atomic E-state index is -0.401. The zero-order valence-corrected chi connectivity index (χ0v) is 14.9. The summed E-state index contributed by atoms with van der Waals surface area (Å²) < 4.78 is 7.33.